The Balaban J connectivity index is 1.99. The van der Waals surface area contributed by atoms with Gasteiger partial charge in [-0.2, -0.15) is 0 Å². The number of carbonyl (C=O) groups is 5. The molecule has 9 heteroatoms. The van der Waals surface area contributed by atoms with Crippen LogP contribution in [0.5, 0.6) is 0 Å². The van der Waals surface area contributed by atoms with Gasteiger partial charge in [0.1, 0.15) is 6.54 Å². The van der Waals surface area contributed by atoms with Gasteiger partial charge < -0.3 is 10.1 Å². The zero-order chi connectivity index (χ0) is 19.3. The highest BCUT2D eigenvalue weighted by Gasteiger charge is 2.44. The van der Waals surface area contributed by atoms with Crippen molar-refractivity contribution in [3.8, 4) is 0 Å². The van der Waals surface area contributed by atoms with Crippen LogP contribution in [0.4, 0.5) is 10.5 Å². The van der Waals surface area contributed by atoms with E-state index in [-0.39, 0.29) is 6.54 Å². The monoisotopic (exact) mass is 361 g/mol. The minimum atomic E-state index is -1.01. The minimum Gasteiger partial charge on any atom is -0.465 e. The van der Waals surface area contributed by atoms with E-state index in [0.717, 1.165) is 11.3 Å². The van der Waals surface area contributed by atoms with Gasteiger partial charge in [-0.15, -0.1) is 0 Å². The molecule has 0 atom stereocenters. The number of hydrogen-bond donors (Lipinski definition) is 1. The quantitative estimate of drug-likeness (QED) is 0.440. The highest BCUT2D eigenvalue weighted by Crippen LogP contribution is 2.14. The van der Waals surface area contributed by atoms with E-state index < -0.39 is 36.3 Å². The predicted octanol–water partition coefficient (Wildman–Crippen LogP) is 1.00. The number of hydrogen-bond acceptors (Lipinski definition) is 6. The topological polar surface area (TPSA) is 113 Å². The maximum atomic E-state index is 12.2. The van der Waals surface area contributed by atoms with Crippen LogP contribution < -0.4 is 5.32 Å². The van der Waals surface area contributed by atoms with Gasteiger partial charge in [-0.1, -0.05) is 13.3 Å². The smallest absolute Gasteiger partial charge is 0.337 e. The lowest BCUT2D eigenvalue weighted by Crippen LogP contribution is -2.39. The molecule has 0 aliphatic carbocycles. The maximum Gasteiger partial charge on any atom is 0.337 e. The van der Waals surface area contributed by atoms with Crippen molar-refractivity contribution >= 4 is 35.4 Å². The molecule has 1 N–H and O–H groups in total. The van der Waals surface area contributed by atoms with Crippen LogP contribution in [0.1, 0.15) is 30.1 Å². The number of anilines is 1. The summed E-state index contributed by atoms with van der Waals surface area (Å²) in [5, 5.41) is 2.50. The summed E-state index contributed by atoms with van der Waals surface area (Å²) in [5.74, 6) is -3.08. The van der Waals surface area contributed by atoms with Crippen molar-refractivity contribution in [1.82, 2.24) is 9.80 Å². The van der Waals surface area contributed by atoms with E-state index >= 15 is 0 Å². The summed E-state index contributed by atoms with van der Waals surface area (Å²) in [6, 6.07) is 5.10. The average molecular weight is 361 g/mol. The number of rotatable bonds is 7. The first kappa shape index (κ1) is 19.1. The Bertz CT molecular complexity index is 743. The molecule has 0 unspecified atom stereocenters. The third-order valence-corrected chi connectivity index (χ3v) is 3.76. The first-order chi connectivity index (χ1) is 12.4. The van der Waals surface area contributed by atoms with Crippen LogP contribution >= 0.6 is 0 Å². The molecule has 1 aliphatic heterocycles. The molecule has 1 fully saturated rings. The van der Waals surface area contributed by atoms with Crippen molar-refractivity contribution in [3.63, 3.8) is 0 Å². The number of esters is 1. The van der Waals surface area contributed by atoms with Crippen LogP contribution in [-0.4, -0.2) is 59.7 Å². The lowest BCUT2D eigenvalue weighted by Gasteiger charge is -2.15. The second kappa shape index (κ2) is 8.24. The van der Waals surface area contributed by atoms with Crippen LogP contribution in [0.2, 0.25) is 0 Å². The van der Waals surface area contributed by atoms with Crippen molar-refractivity contribution in [1.29, 1.82) is 0 Å². The predicted molar refractivity (Wildman–Crippen MR) is 90.1 cm³/mol. The summed E-state index contributed by atoms with van der Waals surface area (Å²) >= 11 is 0. The van der Waals surface area contributed by atoms with Crippen molar-refractivity contribution in [2.24, 2.45) is 0 Å². The lowest BCUT2D eigenvalue weighted by molar-refractivity contribution is -0.143. The molecule has 2 rings (SSSR count). The van der Waals surface area contributed by atoms with Gasteiger partial charge in [0.25, 0.3) is 0 Å². The first-order valence-corrected chi connectivity index (χ1v) is 8.04. The Hall–Kier alpha value is -3.23. The summed E-state index contributed by atoms with van der Waals surface area (Å²) in [6.07, 6.45) is 1.34. The molecule has 1 aliphatic rings. The number of urea groups is 1. The average Bonchev–Trinajstić information content (AvgIpc) is 2.83. The molecule has 138 valence electrons. The molecule has 0 saturated carbocycles. The number of amides is 5. The molecule has 0 bridgehead atoms. The van der Waals surface area contributed by atoms with Gasteiger partial charge in [0.05, 0.1) is 12.7 Å². The number of nitrogens with zero attached hydrogens (tertiary/aromatic N) is 2. The van der Waals surface area contributed by atoms with Crippen LogP contribution in [-0.2, 0) is 19.1 Å². The molecule has 26 heavy (non-hydrogen) atoms. The van der Waals surface area contributed by atoms with Gasteiger partial charge in [-0.25, -0.2) is 14.5 Å². The molecule has 0 spiro atoms. The molecule has 1 saturated heterocycles. The van der Waals surface area contributed by atoms with Gasteiger partial charge in [-0.3, -0.25) is 19.3 Å². The number of imide groups is 2. The molecule has 0 aromatic heterocycles. The van der Waals surface area contributed by atoms with Gasteiger partial charge in [-0.05, 0) is 30.7 Å². The maximum absolute atomic E-state index is 12.2. The number of ether oxygens (including phenoxy) is 1. The number of unbranched alkanes of at least 4 members (excludes halogenated alkanes) is 1. The number of methoxy groups -OCH3 is 1. The van der Waals surface area contributed by atoms with Gasteiger partial charge in [0, 0.05) is 12.2 Å². The molecule has 0 radical (unpaired) electrons. The highest BCUT2D eigenvalue weighted by atomic mass is 16.5. The molecule has 9 nitrogen and oxygen atoms in total. The lowest BCUT2D eigenvalue weighted by atomic mass is 10.2. The Morgan fingerprint density at radius 1 is 1.04 bits per heavy atom. The standard InChI is InChI=1S/C17H19N3O6/c1-3-4-9-19-14(22)15(23)20(17(19)25)10-13(21)18-12-7-5-11(6-8-12)16(24)26-2/h5-8H,3-4,9-10H2,1-2H3,(H,18,21). The fourth-order valence-electron chi connectivity index (χ4n) is 2.35. The second-order valence-corrected chi connectivity index (χ2v) is 5.60. The molecule has 1 heterocycles. The van der Waals surface area contributed by atoms with Crippen LogP contribution in [0.15, 0.2) is 24.3 Å². The number of nitrogens with one attached hydrogen (secondary N) is 1. The van der Waals surface area contributed by atoms with Crippen LogP contribution in [0, 0.1) is 0 Å². The van der Waals surface area contributed by atoms with Gasteiger partial charge in [0.15, 0.2) is 0 Å². The van der Waals surface area contributed by atoms with Crippen molar-refractivity contribution < 1.29 is 28.7 Å². The highest BCUT2D eigenvalue weighted by molar-refractivity contribution is 6.45. The van der Waals surface area contributed by atoms with Crippen LogP contribution in [0.25, 0.3) is 0 Å². The molecular weight excluding hydrogens is 342 g/mol. The molecular formula is C17H19N3O6. The van der Waals surface area contributed by atoms with Gasteiger partial charge >= 0.3 is 23.8 Å². The Labute approximate surface area is 149 Å². The largest absolute Gasteiger partial charge is 0.465 e. The van der Waals surface area contributed by atoms with Crippen molar-refractivity contribution in [2.45, 2.75) is 19.8 Å². The van der Waals surface area contributed by atoms with E-state index in [1.165, 1.54) is 31.4 Å². The summed E-state index contributed by atoms with van der Waals surface area (Å²) in [5.41, 5.74) is 0.684. The Morgan fingerprint density at radius 3 is 2.23 bits per heavy atom. The SMILES string of the molecule is CCCCN1C(=O)C(=O)N(CC(=O)Nc2ccc(C(=O)OC)cc2)C1=O. The number of carbonyl (C=O) groups excluding carboxylic acids is 5. The van der Waals surface area contributed by atoms with Crippen LogP contribution in [0.3, 0.4) is 0 Å². The second-order valence-electron chi connectivity index (χ2n) is 5.60. The van der Waals surface area contributed by atoms with Gasteiger partial charge in [0.2, 0.25) is 5.91 Å². The minimum absolute atomic E-state index is 0.146. The van der Waals surface area contributed by atoms with E-state index in [2.05, 4.69) is 10.1 Å². The fraction of sp³-hybridized carbons (Fsp3) is 0.353. The fourth-order valence-corrected chi connectivity index (χ4v) is 2.35. The summed E-state index contributed by atoms with van der Waals surface area (Å²) in [6.45, 7) is 1.47. The third-order valence-electron chi connectivity index (χ3n) is 3.76. The van der Waals surface area contributed by atoms with Crippen molar-refractivity contribution in [2.75, 3.05) is 25.5 Å². The Kier molecular flexibility index (Phi) is 6.05. The van der Waals surface area contributed by atoms with E-state index in [9.17, 15) is 24.0 Å². The third kappa shape index (κ3) is 4.05. The van der Waals surface area contributed by atoms with E-state index in [1.54, 1.807) is 0 Å². The zero-order valence-corrected chi connectivity index (χ0v) is 14.5. The van der Waals surface area contributed by atoms with Crippen molar-refractivity contribution in [3.05, 3.63) is 29.8 Å². The molecule has 1 aromatic carbocycles. The van der Waals surface area contributed by atoms with E-state index in [1.807, 2.05) is 6.92 Å². The summed E-state index contributed by atoms with van der Waals surface area (Å²) < 4.78 is 4.57. The normalized spacial score (nSPS) is 14.0. The van der Waals surface area contributed by atoms with E-state index in [0.29, 0.717) is 22.6 Å². The zero-order valence-electron chi connectivity index (χ0n) is 14.5. The van der Waals surface area contributed by atoms with E-state index in [4.69, 9.17) is 0 Å². The summed E-state index contributed by atoms with van der Waals surface area (Å²) in [4.78, 5) is 60.8. The first-order valence-electron chi connectivity index (χ1n) is 8.04. The summed E-state index contributed by atoms with van der Waals surface area (Å²) in [7, 11) is 1.26. The Morgan fingerprint density at radius 2 is 1.65 bits per heavy atom. The molecule has 5 amide bonds. The number of benzene rings is 1. The molecule has 1 aromatic rings.